The Hall–Kier alpha value is -1.97. The molecule has 15 heavy (non-hydrogen) atoms. The number of rotatable bonds is 4. The lowest BCUT2D eigenvalue weighted by atomic mass is 10.1. The second kappa shape index (κ2) is 5.05. The molecular weight excluding hydrogens is 196 g/mol. The van der Waals surface area contributed by atoms with Crippen LogP contribution in [0, 0.1) is 0 Å². The van der Waals surface area contributed by atoms with E-state index in [9.17, 15) is 14.4 Å². The fourth-order valence-electron chi connectivity index (χ4n) is 1.14. The van der Waals surface area contributed by atoms with E-state index >= 15 is 0 Å². The molecule has 0 saturated heterocycles. The van der Waals surface area contributed by atoms with Crippen molar-refractivity contribution < 1.29 is 19.1 Å². The van der Waals surface area contributed by atoms with Crippen molar-refractivity contribution in [2.75, 3.05) is 6.61 Å². The van der Waals surface area contributed by atoms with Crippen LogP contribution in [0.3, 0.4) is 0 Å². The van der Waals surface area contributed by atoms with Gasteiger partial charge in [-0.2, -0.15) is 0 Å². The summed E-state index contributed by atoms with van der Waals surface area (Å²) in [5.74, 6) is -0.538. The number of benzene rings is 1. The van der Waals surface area contributed by atoms with Gasteiger partial charge in [0.25, 0.3) is 0 Å². The van der Waals surface area contributed by atoms with Crippen LogP contribution < -0.4 is 0 Å². The number of hydrogen-bond donors (Lipinski definition) is 0. The predicted molar refractivity (Wildman–Crippen MR) is 53.2 cm³/mol. The van der Waals surface area contributed by atoms with Crippen LogP contribution in [0.4, 0.5) is 0 Å². The van der Waals surface area contributed by atoms with Crippen molar-refractivity contribution in [2.24, 2.45) is 0 Å². The Morgan fingerprint density at radius 3 is 2.13 bits per heavy atom. The summed E-state index contributed by atoms with van der Waals surface area (Å²) in [6.07, 6.45) is 1.16. The van der Waals surface area contributed by atoms with Crippen LogP contribution in [-0.2, 0) is 4.74 Å². The van der Waals surface area contributed by atoms with Crippen molar-refractivity contribution in [1.82, 2.24) is 0 Å². The molecule has 0 bridgehead atoms. The molecule has 0 amide bonds. The smallest absolute Gasteiger partial charge is 0.338 e. The minimum absolute atomic E-state index is 0.212. The van der Waals surface area contributed by atoms with E-state index in [1.165, 1.54) is 18.2 Å². The molecule has 0 saturated carbocycles. The van der Waals surface area contributed by atoms with Crippen LogP contribution in [0.15, 0.2) is 18.2 Å². The van der Waals surface area contributed by atoms with Crippen LogP contribution in [0.2, 0.25) is 0 Å². The predicted octanol–water partition coefficient (Wildman–Crippen LogP) is 1.49. The van der Waals surface area contributed by atoms with E-state index in [0.717, 1.165) is 0 Å². The second-order valence-corrected chi connectivity index (χ2v) is 2.84. The van der Waals surface area contributed by atoms with Crippen LogP contribution in [-0.4, -0.2) is 25.1 Å². The Kier molecular flexibility index (Phi) is 3.74. The number of esters is 1. The van der Waals surface area contributed by atoms with E-state index in [-0.39, 0.29) is 23.3 Å². The molecule has 0 N–H and O–H groups in total. The molecule has 0 heterocycles. The van der Waals surface area contributed by atoms with E-state index in [4.69, 9.17) is 4.74 Å². The molecule has 0 aliphatic carbocycles. The first-order valence-electron chi connectivity index (χ1n) is 4.43. The van der Waals surface area contributed by atoms with Gasteiger partial charge in [-0.25, -0.2) is 4.79 Å². The summed E-state index contributed by atoms with van der Waals surface area (Å²) < 4.78 is 4.76. The van der Waals surface area contributed by atoms with Gasteiger partial charge in [0, 0.05) is 11.1 Å². The quantitative estimate of drug-likeness (QED) is 0.553. The molecule has 0 aliphatic rings. The van der Waals surface area contributed by atoms with E-state index < -0.39 is 5.97 Å². The third-order valence-electron chi connectivity index (χ3n) is 1.76. The SMILES string of the molecule is CCOC(=O)c1cc(C=O)cc(C=O)c1. The molecule has 4 nitrogen and oxygen atoms in total. The number of carbonyl (C=O) groups is 3. The molecule has 0 aliphatic heterocycles. The molecule has 0 atom stereocenters. The van der Waals surface area contributed by atoms with Gasteiger partial charge in [-0.15, -0.1) is 0 Å². The lowest BCUT2D eigenvalue weighted by Gasteiger charge is -2.03. The van der Waals surface area contributed by atoms with Crippen LogP contribution in [0.25, 0.3) is 0 Å². The molecule has 0 aromatic heterocycles. The van der Waals surface area contributed by atoms with Gasteiger partial charge in [0.05, 0.1) is 12.2 Å². The van der Waals surface area contributed by atoms with Gasteiger partial charge in [-0.05, 0) is 25.1 Å². The summed E-state index contributed by atoms with van der Waals surface area (Å²) in [5.41, 5.74) is 0.772. The molecule has 0 spiro atoms. The maximum atomic E-state index is 11.3. The van der Waals surface area contributed by atoms with Crippen molar-refractivity contribution in [3.8, 4) is 0 Å². The zero-order valence-corrected chi connectivity index (χ0v) is 8.23. The first-order chi connectivity index (χ1) is 7.21. The van der Waals surface area contributed by atoms with Gasteiger partial charge in [0.2, 0.25) is 0 Å². The maximum Gasteiger partial charge on any atom is 0.338 e. The summed E-state index contributed by atoms with van der Waals surface area (Å²) in [7, 11) is 0. The van der Waals surface area contributed by atoms with Gasteiger partial charge in [0.15, 0.2) is 0 Å². The van der Waals surface area contributed by atoms with Gasteiger partial charge in [-0.3, -0.25) is 9.59 Å². The molecule has 78 valence electrons. The van der Waals surface area contributed by atoms with E-state index in [1.54, 1.807) is 6.92 Å². The Balaban J connectivity index is 3.11. The molecular formula is C11H10O4. The highest BCUT2D eigenvalue weighted by Gasteiger charge is 2.08. The average Bonchev–Trinajstić information content (AvgIpc) is 2.28. The van der Waals surface area contributed by atoms with Crippen LogP contribution in [0.1, 0.15) is 38.0 Å². The van der Waals surface area contributed by atoms with E-state index in [2.05, 4.69) is 0 Å². The Bertz CT molecular complexity index is 369. The van der Waals surface area contributed by atoms with Crippen LogP contribution >= 0.6 is 0 Å². The third-order valence-corrected chi connectivity index (χ3v) is 1.76. The minimum Gasteiger partial charge on any atom is -0.462 e. The Morgan fingerprint density at radius 1 is 1.20 bits per heavy atom. The van der Waals surface area contributed by atoms with Crippen molar-refractivity contribution in [3.05, 3.63) is 34.9 Å². The normalized spacial score (nSPS) is 9.40. The van der Waals surface area contributed by atoms with Gasteiger partial charge >= 0.3 is 5.97 Å². The lowest BCUT2D eigenvalue weighted by molar-refractivity contribution is 0.0526. The minimum atomic E-state index is -0.538. The van der Waals surface area contributed by atoms with Gasteiger partial charge < -0.3 is 4.74 Å². The highest BCUT2D eigenvalue weighted by Crippen LogP contribution is 2.09. The largest absolute Gasteiger partial charge is 0.462 e. The number of ether oxygens (including phenoxy) is 1. The second-order valence-electron chi connectivity index (χ2n) is 2.84. The summed E-state index contributed by atoms with van der Waals surface area (Å²) in [6.45, 7) is 1.93. The molecule has 0 unspecified atom stereocenters. The number of aldehydes is 2. The molecule has 1 aromatic rings. The lowest BCUT2D eigenvalue weighted by Crippen LogP contribution is -2.06. The maximum absolute atomic E-state index is 11.3. The first kappa shape index (κ1) is 11.1. The Labute approximate surface area is 86.9 Å². The standard InChI is InChI=1S/C11H10O4/c1-2-15-11(14)10-4-8(6-12)3-9(5-10)7-13/h3-7H,2H2,1H3. The fraction of sp³-hybridized carbons (Fsp3) is 0.182. The number of hydrogen-bond acceptors (Lipinski definition) is 4. The number of carbonyl (C=O) groups excluding carboxylic acids is 3. The highest BCUT2D eigenvalue weighted by molar-refractivity contribution is 5.94. The monoisotopic (exact) mass is 206 g/mol. The topological polar surface area (TPSA) is 60.4 Å². The summed E-state index contributed by atoms with van der Waals surface area (Å²) >= 11 is 0. The fourth-order valence-corrected chi connectivity index (χ4v) is 1.14. The summed E-state index contributed by atoms with van der Waals surface area (Å²) in [4.78, 5) is 32.4. The molecule has 0 fully saturated rings. The van der Waals surface area contributed by atoms with Crippen molar-refractivity contribution >= 4 is 18.5 Å². The summed E-state index contributed by atoms with van der Waals surface area (Å²) in [6, 6.07) is 4.18. The first-order valence-corrected chi connectivity index (χ1v) is 4.43. The van der Waals surface area contributed by atoms with Crippen molar-refractivity contribution in [1.29, 1.82) is 0 Å². The van der Waals surface area contributed by atoms with Crippen molar-refractivity contribution in [2.45, 2.75) is 6.92 Å². The van der Waals surface area contributed by atoms with Crippen molar-refractivity contribution in [3.63, 3.8) is 0 Å². The summed E-state index contributed by atoms with van der Waals surface area (Å²) in [5, 5.41) is 0. The molecule has 1 aromatic carbocycles. The Morgan fingerprint density at radius 2 is 1.73 bits per heavy atom. The molecule has 4 heteroatoms. The zero-order valence-electron chi connectivity index (χ0n) is 8.23. The molecule has 1 rings (SSSR count). The van der Waals surface area contributed by atoms with Crippen LogP contribution in [0.5, 0.6) is 0 Å². The zero-order chi connectivity index (χ0) is 11.3. The van der Waals surface area contributed by atoms with E-state index in [0.29, 0.717) is 12.6 Å². The molecule has 0 radical (unpaired) electrons. The third kappa shape index (κ3) is 2.74. The van der Waals surface area contributed by atoms with Gasteiger partial charge in [0.1, 0.15) is 12.6 Å². The van der Waals surface area contributed by atoms with Gasteiger partial charge in [-0.1, -0.05) is 0 Å². The highest BCUT2D eigenvalue weighted by atomic mass is 16.5. The van der Waals surface area contributed by atoms with E-state index in [1.807, 2.05) is 0 Å². The average molecular weight is 206 g/mol.